The van der Waals surface area contributed by atoms with E-state index in [4.69, 9.17) is 5.73 Å². The van der Waals surface area contributed by atoms with Crippen LogP contribution in [0.3, 0.4) is 0 Å². The Bertz CT molecular complexity index is 593. The van der Waals surface area contributed by atoms with E-state index in [0.29, 0.717) is 19.4 Å². The summed E-state index contributed by atoms with van der Waals surface area (Å²) in [4.78, 5) is 24.4. The Morgan fingerprint density at radius 3 is 2.17 bits per heavy atom. The number of nitrogens with two attached hydrogens (primary N) is 1. The Hall–Kier alpha value is -2.12. The molecule has 0 spiro atoms. The minimum absolute atomic E-state index is 0.147. The quantitative estimate of drug-likeness (QED) is 0.248. The van der Waals surface area contributed by atoms with Crippen molar-refractivity contribution in [3.05, 3.63) is 29.8 Å². The third-order valence-electron chi connectivity index (χ3n) is 4.99. The van der Waals surface area contributed by atoms with Crippen molar-refractivity contribution in [3.8, 4) is 5.75 Å². The molecule has 0 saturated heterocycles. The highest BCUT2D eigenvalue weighted by atomic mass is 16.3. The average molecular weight is 421 g/mol. The molecular formula is C23H40N4O3. The summed E-state index contributed by atoms with van der Waals surface area (Å²) >= 11 is 0. The number of rotatable bonds is 17. The van der Waals surface area contributed by atoms with Gasteiger partial charge in [-0.25, -0.2) is 0 Å². The lowest BCUT2D eigenvalue weighted by atomic mass is 10.0. The number of carbonyl (C=O) groups is 2. The first-order chi connectivity index (χ1) is 14.6. The van der Waals surface area contributed by atoms with Gasteiger partial charge in [0.1, 0.15) is 11.8 Å². The highest BCUT2D eigenvalue weighted by Crippen LogP contribution is 2.12. The summed E-state index contributed by atoms with van der Waals surface area (Å²) in [6.45, 7) is 5.19. The van der Waals surface area contributed by atoms with E-state index in [1.807, 2.05) is 0 Å². The molecule has 0 saturated carbocycles. The van der Waals surface area contributed by atoms with E-state index in [2.05, 4.69) is 16.0 Å². The number of unbranched alkanes of at least 4 members (excludes halogenated alkanes) is 5. The van der Waals surface area contributed by atoms with Gasteiger partial charge >= 0.3 is 0 Å². The molecule has 1 rings (SSSR count). The van der Waals surface area contributed by atoms with Crippen molar-refractivity contribution >= 4 is 11.8 Å². The lowest BCUT2D eigenvalue weighted by Gasteiger charge is -2.18. The van der Waals surface area contributed by atoms with Crippen LogP contribution in [0.5, 0.6) is 5.75 Å². The van der Waals surface area contributed by atoms with Gasteiger partial charge in [0, 0.05) is 19.4 Å². The molecule has 30 heavy (non-hydrogen) atoms. The molecule has 0 aliphatic heterocycles. The number of phenolic OH excluding ortho intramolecular Hbond substituents is 1. The van der Waals surface area contributed by atoms with Crippen LogP contribution in [0.15, 0.2) is 24.3 Å². The Labute approximate surface area is 181 Å². The number of benzene rings is 1. The molecule has 0 aliphatic rings. The van der Waals surface area contributed by atoms with E-state index in [9.17, 15) is 14.7 Å². The summed E-state index contributed by atoms with van der Waals surface area (Å²) in [5, 5.41) is 18.5. The van der Waals surface area contributed by atoms with Crippen LogP contribution in [-0.2, 0) is 16.0 Å². The van der Waals surface area contributed by atoms with Crippen LogP contribution >= 0.6 is 0 Å². The van der Waals surface area contributed by atoms with Crippen molar-refractivity contribution in [2.45, 2.75) is 70.8 Å². The molecule has 1 aromatic carbocycles. The van der Waals surface area contributed by atoms with Crippen LogP contribution in [0.25, 0.3) is 0 Å². The number of phenols is 1. The molecular weight excluding hydrogens is 380 g/mol. The molecule has 2 amide bonds. The molecule has 1 atom stereocenters. The summed E-state index contributed by atoms with van der Waals surface area (Å²) in [6.07, 6.45) is 8.59. The first-order valence-electron chi connectivity index (χ1n) is 11.3. The minimum Gasteiger partial charge on any atom is -0.508 e. The maximum atomic E-state index is 12.6. The summed E-state index contributed by atoms with van der Waals surface area (Å²) in [6, 6.07) is 6.10. The van der Waals surface area contributed by atoms with Gasteiger partial charge in [0.05, 0.1) is 0 Å². The van der Waals surface area contributed by atoms with Crippen LogP contribution in [0.1, 0.15) is 63.9 Å². The number of hydrogen-bond acceptors (Lipinski definition) is 5. The van der Waals surface area contributed by atoms with E-state index in [0.717, 1.165) is 44.5 Å². The lowest BCUT2D eigenvalue weighted by molar-refractivity contribution is -0.128. The zero-order valence-corrected chi connectivity index (χ0v) is 18.4. The molecule has 7 heteroatoms. The highest BCUT2D eigenvalue weighted by Gasteiger charge is 2.20. The normalized spacial score (nSPS) is 11.8. The average Bonchev–Trinajstić information content (AvgIpc) is 2.75. The number of hydrogen-bond donors (Lipinski definition) is 5. The van der Waals surface area contributed by atoms with E-state index < -0.39 is 6.04 Å². The second-order valence-electron chi connectivity index (χ2n) is 7.65. The zero-order valence-electron chi connectivity index (χ0n) is 18.4. The summed E-state index contributed by atoms with van der Waals surface area (Å²) in [5.74, 6) is -0.125. The summed E-state index contributed by atoms with van der Waals surface area (Å²) < 4.78 is 0. The molecule has 0 bridgehead atoms. The van der Waals surface area contributed by atoms with Crippen molar-refractivity contribution in [2.24, 2.45) is 5.73 Å². The first kappa shape index (κ1) is 25.9. The Morgan fingerprint density at radius 2 is 1.53 bits per heavy atom. The van der Waals surface area contributed by atoms with Gasteiger partial charge in [0.2, 0.25) is 11.8 Å². The summed E-state index contributed by atoms with van der Waals surface area (Å²) in [5.41, 5.74) is 6.35. The topological polar surface area (TPSA) is 116 Å². The summed E-state index contributed by atoms with van der Waals surface area (Å²) in [7, 11) is 0. The standard InChI is InChI=1S/C23H40N4O3/c1-2-22(29)27-21(18-19-10-12-20(28)13-11-19)23(30)26-17-8-6-4-3-5-7-15-25-16-9-14-24/h10-13,21,25,28H,2-9,14-18,24H2,1H3,(H,26,30)(H,27,29)/t21-/m0/s1. The van der Waals surface area contributed by atoms with Crippen molar-refractivity contribution in [1.82, 2.24) is 16.0 Å². The van der Waals surface area contributed by atoms with Crippen LogP contribution in [0, 0.1) is 0 Å². The predicted molar refractivity (Wildman–Crippen MR) is 121 cm³/mol. The third-order valence-corrected chi connectivity index (χ3v) is 4.99. The predicted octanol–water partition coefficient (Wildman–Crippen LogP) is 2.22. The SMILES string of the molecule is CCC(=O)N[C@@H](Cc1ccc(O)cc1)C(=O)NCCCCCCCCNCCCN. The lowest BCUT2D eigenvalue weighted by Crippen LogP contribution is -2.48. The number of amides is 2. The first-order valence-corrected chi connectivity index (χ1v) is 11.3. The molecule has 1 aromatic rings. The van der Waals surface area contributed by atoms with Gasteiger partial charge in [0.25, 0.3) is 0 Å². The van der Waals surface area contributed by atoms with Crippen molar-refractivity contribution in [2.75, 3.05) is 26.2 Å². The smallest absolute Gasteiger partial charge is 0.242 e. The highest BCUT2D eigenvalue weighted by molar-refractivity contribution is 5.87. The minimum atomic E-state index is -0.603. The maximum absolute atomic E-state index is 12.6. The van der Waals surface area contributed by atoms with Gasteiger partial charge in [-0.15, -0.1) is 0 Å². The van der Waals surface area contributed by atoms with Gasteiger partial charge in [-0.2, -0.15) is 0 Å². The number of carbonyl (C=O) groups excluding carboxylic acids is 2. The molecule has 0 aromatic heterocycles. The fourth-order valence-electron chi connectivity index (χ4n) is 3.14. The Morgan fingerprint density at radius 1 is 0.933 bits per heavy atom. The van der Waals surface area contributed by atoms with Crippen molar-refractivity contribution < 1.29 is 14.7 Å². The van der Waals surface area contributed by atoms with Crippen LogP contribution in [0.2, 0.25) is 0 Å². The van der Waals surface area contributed by atoms with E-state index in [1.54, 1.807) is 31.2 Å². The molecule has 0 radical (unpaired) electrons. The Kier molecular flexibility index (Phi) is 14.4. The number of aromatic hydroxyl groups is 1. The number of nitrogens with one attached hydrogen (secondary N) is 3. The Balaban J connectivity index is 2.21. The van der Waals surface area contributed by atoms with Gasteiger partial charge in [-0.1, -0.05) is 44.7 Å². The largest absolute Gasteiger partial charge is 0.508 e. The van der Waals surface area contributed by atoms with Crippen molar-refractivity contribution in [3.63, 3.8) is 0 Å². The van der Waals surface area contributed by atoms with Crippen LogP contribution in [-0.4, -0.2) is 49.1 Å². The van der Waals surface area contributed by atoms with Crippen LogP contribution in [0.4, 0.5) is 0 Å². The van der Waals surface area contributed by atoms with Gasteiger partial charge in [-0.05, 0) is 56.6 Å². The third kappa shape index (κ3) is 12.4. The maximum Gasteiger partial charge on any atom is 0.242 e. The second kappa shape index (κ2) is 16.7. The van der Waals surface area contributed by atoms with Gasteiger partial charge in [0.15, 0.2) is 0 Å². The monoisotopic (exact) mass is 420 g/mol. The molecule has 0 aliphatic carbocycles. The van der Waals surface area contributed by atoms with Crippen molar-refractivity contribution in [1.29, 1.82) is 0 Å². The molecule has 170 valence electrons. The molecule has 6 N–H and O–H groups in total. The molecule has 0 unspecified atom stereocenters. The molecule has 7 nitrogen and oxygen atoms in total. The van der Waals surface area contributed by atoms with E-state index in [-0.39, 0.29) is 17.6 Å². The second-order valence-corrected chi connectivity index (χ2v) is 7.65. The van der Waals surface area contributed by atoms with Crippen LogP contribution < -0.4 is 21.7 Å². The van der Waals surface area contributed by atoms with Gasteiger partial charge in [-0.3, -0.25) is 9.59 Å². The fraction of sp³-hybridized carbons (Fsp3) is 0.652. The molecule has 0 heterocycles. The molecule has 0 fully saturated rings. The fourth-order valence-corrected chi connectivity index (χ4v) is 3.14. The van der Waals surface area contributed by atoms with Gasteiger partial charge < -0.3 is 26.8 Å². The van der Waals surface area contributed by atoms with E-state index >= 15 is 0 Å². The zero-order chi connectivity index (χ0) is 22.0. The van der Waals surface area contributed by atoms with E-state index in [1.165, 1.54) is 25.7 Å².